The first-order valence-corrected chi connectivity index (χ1v) is 9.63. The molecule has 1 aromatic heterocycles. The summed E-state index contributed by atoms with van der Waals surface area (Å²) in [4.78, 5) is 29.3. The Hall–Kier alpha value is -3.06. The van der Waals surface area contributed by atoms with Gasteiger partial charge in [-0.15, -0.1) is 0 Å². The Morgan fingerprint density at radius 3 is 2.32 bits per heavy atom. The van der Waals surface area contributed by atoms with Gasteiger partial charge in [0, 0.05) is 25.9 Å². The number of thioether (sulfide) groups is 1. The first kappa shape index (κ1) is 19.7. The molecule has 0 fully saturated rings. The van der Waals surface area contributed by atoms with Crippen LogP contribution < -0.4 is 5.32 Å². The zero-order chi connectivity index (χ0) is 19.8. The van der Waals surface area contributed by atoms with E-state index in [0.717, 1.165) is 22.9 Å². The summed E-state index contributed by atoms with van der Waals surface area (Å²) < 4.78 is 7.03. The third kappa shape index (κ3) is 5.72. The number of nitrogens with one attached hydrogen (secondary N) is 1. The third-order valence-electron chi connectivity index (χ3n) is 4.04. The number of alkyl carbamates (subject to hydrolysis) is 1. The average molecular weight is 395 g/mol. The van der Waals surface area contributed by atoms with Gasteiger partial charge in [-0.25, -0.2) is 9.78 Å². The number of carbonyl (C=O) groups is 2. The molecule has 1 heterocycles. The number of rotatable bonds is 7. The second-order valence-corrected chi connectivity index (χ2v) is 7.16. The standard InChI is InChI=1S/C21H21N3O3S/c1-24-13-12-22-20(24)28-19(25)18(14-16-8-4-2-5-9-16)23-21(26)27-15-17-10-6-3-7-11-17/h2-13,18H,14-15H2,1H3,(H,23,26)/t18-/m0/s1. The number of imidazole rings is 1. The highest BCUT2D eigenvalue weighted by Crippen LogP contribution is 2.19. The number of carbonyl (C=O) groups excluding carboxylic acids is 2. The minimum Gasteiger partial charge on any atom is -0.445 e. The Balaban J connectivity index is 1.65. The largest absolute Gasteiger partial charge is 0.445 e. The van der Waals surface area contributed by atoms with E-state index in [4.69, 9.17) is 4.74 Å². The topological polar surface area (TPSA) is 73.2 Å². The fourth-order valence-electron chi connectivity index (χ4n) is 2.56. The number of benzene rings is 2. The molecular formula is C21H21N3O3S. The van der Waals surface area contributed by atoms with E-state index < -0.39 is 12.1 Å². The van der Waals surface area contributed by atoms with Crippen LogP contribution in [-0.4, -0.2) is 26.8 Å². The molecule has 0 bridgehead atoms. The molecule has 0 saturated heterocycles. The van der Waals surface area contributed by atoms with Gasteiger partial charge in [-0.05, 0) is 22.9 Å². The van der Waals surface area contributed by atoms with Crippen molar-refractivity contribution in [1.29, 1.82) is 0 Å². The van der Waals surface area contributed by atoms with Gasteiger partial charge >= 0.3 is 6.09 Å². The molecule has 1 atom stereocenters. The van der Waals surface area contributed by atoms with E-state index in [-0.39, 0.29) is 11.7 Å². The Morgan fingerprint density at radius 2 is 1.71 bits per heavy atom. The van der Waals surface area contributed by atoms with Gasteiger partial charge in [0.05, 0.1) is 0 Å². The predicted molar refractivity (Wildman–Crippen MR) is 108 cm³/mol. The van der Waals surface area contributed by atoms with Crippen LogP contribution in [0.3, 0.4) is 0 Å². The van der Waals surface area contributed by atoms with E-state index in [1.54, 1.807) is 17.0 Å². The lowest BCUT2D eigenvalue weighted by molar-refractivity contribution is -0.112. The zero-order valence-corrected chi connectivity index (χ0v) is 16.3. The van der Waals surface area contributed by atoms with Gasteiger partial charge in [-0.1, -0.05) is 60.7 Å². The smallest absolute Gasteiger partial charge is 0.408 e. The summed E-state index contributed by atoms with van der Waals surface area (Å²) in [5, 5.41) is 3.07. The first-order chi connectivity index (χ1) is 13.6. The molecule has 0 saturated carbocycles. The van der Waals surface area contributed by atoms with Crippen LogP contribution in [0, 0.1) is 0 Å². The molecular weight excluding hydrogens is 374 g/mol. The molecule has 28 heavy (non-hydrogen) atoms. The van der Waals surface area contributed by atoms with Crippen molar-refractivity contribution in [2.24, 2.45) is 7.05 Å². The van der Waals surface area contributed by atoms with Crippen LogP contribution in [-0.2, 0) is 29.6 Å². The van der Waals surface area contributed by atoms with E-state index in [2.05, 4.69) is 10.3 Å². The SMILES string of the molecule is Cn1ccnc1SC(=O)[C@H](Cc1ccccc1)NC(=O)OCc1ccccc1. The Kier molecular flexibility index (Phi) is 6.86. The van der Waals surface area contributed by atoms with Crippen LogP contribution in [0.1, 0.15) is 11.1 Å². The van der Waals surface area contributed by atoms with Crippen molar-refractivity contribution < 1.29 is 14.3 Å². The first-order valence-electron chi connectivity index (χ1n) is 8.82. The van der Waals surface area contributed by atoms with Gasteiger partial charge in [0.15, 0.2) is 5.16 Å². The molecule has 7 heteroatoms. The van der Waals surface area contributed by atoms with Crippen molar-refractivity contribution in [3.05, 3.63) is 84.2 Å². The minimum absolute atomic E-state index is 0.144. The van der Waals surface area contributed by atoms with Gasteiger partial charge < -0.3 is 14.6 Å². The van der Waals surface area contributed by atoms with Crippen molar-refractivity contribution in [3.63, 3.8) is 0 Å². The van der Waals surface area contributed by atoms with Gasteiger partial charge in [-0.3, -0.25) is 4.79 Å². The second kappa shape index (κ2) is 9.75. The summed E-state index contributed by atoms with van der Waals surface area (Å²) in [6.07, 6.45) is 3.14. The Morgan fingerprint density at radius 1 is 1.07 bits per heavy atom. The van der Waals surface area contributed by atoms with Crippen LogP contribution in [0.5, 0.6) is 0 Å². The molecule has 3 aromatic rings. The van der Waals surface area contributed by atoms with E-state index >= 15 is 0 Å². The molecule has 0 aliphatic carbocycles. The normalized spacial score (nSPS) is 11.6. The van der Waals surface area contributed by atoms with Crippen LogP contribution in [0.4, 0.5) is 4.79 Å². The molecule has 0 aliphatic heterocycles. The Bertz CT molecular complexity index is 913. The maximum Gasteiger partial charge on any atom is 0.408 e. The van der Waals surface area contributed by atoms with Crippen LogP contribution >= 0.6 is 11.8 Å². The highest BCUT2D eigenvalue weighted by atomic mass is 32.2. The maximum atomic E-state index is 12.8. The number of hydrogen-bond donors (Lipinski definition) is 1. The monoisotopic (exact) mass is 395 g/mol. The quantitative estimate of drug-likeness (QED) is 0.619. The summed E-state index contributed by atoms with van der Waals surface area (Å²) in [7, 11) is 1.82. The number of amides is 1. The molecule has 1 N–H and O–H groups in total. The number of aryl methyl sites for hydroxylation is 1. The highest BCUT2D eigenvalue weighted by Gasteiger charge is 2.24. The predicted octanol–water partition coefficient (Wildman–Crippen LogP) is 3.58. The van der Waals surface area contributed by atoms with Gasteiger partial charge in [0.25, 0.3) is 0 Å². The molecule has 6 nitrogen and oxygen atoms in total. The van der Waals surface area contributed by atoms with E-state index in [9.17, 15) is 9.59 Å². The van der Waals surface area contributed by atoms with Crippen LogP contribution in [0.2, 0.25) is 0 Å². The molecule has 0 radical (unpaired) electrons. The van der Waals surface area contributed by atoms with Crippen molar-refractivity contribution >= 4 is 23.0 Å². The molecule has 1 amide bonds. The number of nitrogens with zero attached hydrogens (tertiary/aromatic N) is 2. The van der Waals surface area contributed by atoms with Crippen LogP contribution in [0.25, 0.3) is 0 Å². The molecule has 144 valence electrons. The lowest BCUT2D eigenvalue weighted by atomic mass is 10.1. The molecule has 0 unspecified atom stereocenters. The van der Waals surface area contributed by atoms with Gasteiger partial charge in [-0.2, -0.15) is 0 Å². The minimum atomic E-state index is -0.729. The highest BCUT2D eigenvalue weighted by molar-refractivity contribution is 8.13. The van der Waals surface area contributed by atoms with Crippen molar-refractivity contribution in [2.75, 3.05) is 0 Å². The fourth-order valence-corrected chi connectivity index (χ4v) is 3.34. The summed E-state index contributed by atoms with van der Waals surface area (Å²) in [5.41, 5.74) is 1.83. The summed E-state index contributed by atoms with van der Waals surface area (Å²) in [5.74, 6) is 0. The number of ether oxygens (including phenoxy) is 1. The van der Waals surface area contributed by atoms with Crippen molar-refractivity contribution in [1.82, 2.24) is 14.9 Å². The summed E-state index contributed by atoms with van der Waals surface area (Å²) in [6.45, 7) is 0.144. The van der Waals surface area contributed by atoms with E-state index in [1.165, 1.54) is 0 Å². The van der Waals surface area contributed by atoms with Gasteiger partial charge in [0.1, 0.15) is 12.6 Å². The molecule has 0 aliphatic rings. The average Bonchev–Trinajstić information content (AvgIpc) is 3.12. The number of aromatic nitrogens is 2. The summed E-state index contributed by atoms with van der Waals surface area (Å²) in [6, 6.07) is 18.2. The van der Waals surface area contributed by atoms with Gasteiger partial charge in [0.2, 0.25) is 5.12 Å². The lowest BCUT2D eigenvalue weighted by Gasteiger charge is -2.17. The maximum absolute atomic E-state index is 12.8. The molecule has 2 aromatic carbocycles. The van der Waals surface area contributed by atoms with Crippen LogP contribution in [0.15, 0.2) is 78.2 Å². The summed E-state index contributed by atoms with van der Waals surface area (Å²) >= 11 is 1.00. The van der Waals surface area contributed by atoms with Crippen molar-refractivity contribution in [3.8, 4) is 0 Å². The third-order valence-corrected chi connectivity index (χ3v) is 5.10. The molecule has 3 rings (SSSR count). The lowest BCUT2D eigenvalue weighted by Crippen LogP contribution is -2.41. The zero-order valence-electron chi connectivity index (χ0n) is 15.4. The fraction of sp³-hybridized carbons (Fsp3) is 0.190. The number of hydrogen-bond acceptors (Lipinski definition) is 5. The van der Waals surface area contributed by atoms with E-state index in [0.29, 0.717) is 11.6 Å². The second-order valence-electron chi connectivity index (χ2n) is 6.19. The van der Waals surface area contributed by atoms with E-state index in [1.807, 2.05) is 67.7 Å². The van der Waals surface area contributed by atoms with Crippen molar-refractivity contribution in [2.45, 2.75) is 24.2 Å². The Labute approximate surface area is 167 Å². The molecule has 0 spiro atoms.